The van der Waals surface area contributed by atoms with Crippen molar-refractivity contribution in [1.29, 1.82) is 0 Å². The zero-order chi connectivity index (χ0) is 21.6. The number of nitrogens with zero attached hydrogens (tertiary/aromatic N) is 4. The number of carbonyl (C=O) groups is 1. The molecular formula is C15H15F5N6O2S. The van der Waals surface area contributed by atoms with Crippen molar-refractivity contribution in [2.24, 2.45) is 9.50 Å². The van der Waals surface area contributed by atoms with Gasteiger partial charge < -0.3 is 5.32 Å². The number of hydrogen-bond donors (Lipinski definition) is 2. The van der Waals surface area contributed by atoms with Gasteiger partial charge in [-0.3, -0.25) is 0 Å². The molecule has 1 unspecified atom stereocenters. The number of nitrogens with one attached hydrogen (secondary N) is 1. The maximum absolute atomic E-state index is 13.3. The fraction of sp³-hybridized carbons (Fsp3) is 0.400. The normalized spacial score (nSPS) is 15.9. The second kappa shape index (κ2) is 7.33. The van der Waals surface area contributed by atoms with E-state index in [4.69, 9.17) is 5.14 Å². The van der Waals surface area contributed by atoms with Crippen LogP contribution in [-0.4, -0.2) is 25.0 Å². The first-order valence-electron chi connectivity index (χ1n) is 8.18. The number of aromatic nitrogens is 3. The lowest BCUT2D eigenvalue weighted by Crippen LogP contribution is -2.20. The number of rotatable bonds is 3. The Morgan fingerprint density at radius 3 is 2.66 bits per heavy atom. The Morgan fingerprint density at radius 1 is 1.38 bits per heavy atom. The third-order valence-electron chi connectivity index (χ3n) is 4.30. The van der Waals surface area contributed by atoms with Crippen LogP contribution in [0.25, 0.3) is 0 Å². The summed E-state index contributed by atoms with van der Waals surface area (Å²) >= 11 is 0. The molecule has 29 heavy (non-hydrogen) atoms. The van der Waals surface area contributed by atoms with E-state index in [-0.39, 0.29) is 21.6 Å². The van der Waals surface area contributed by atoms with Crippen LogP contribution in [0.5, 0.6) is 0 Å². The van der Waals surface area contributed by atoms with E-state index >= 15 is 0 Å². The number of halogens is 5. The first kappa shape index (κ1) is 21.1. The van der Waals surface area contributed by atoms with Crippen LogP contribution in [0.4, 0.5) is 32.4 Å². The third-order valence-corrected chi connectivity index (χ3v) is 5.63. The highest BCUT2D eigenvalue weighted by Gasteiger charge is 2.37. The van der Waals surface area contributed by atoms with Gasteiger partial charge in [-0.25, -0.2) is 23.8 Å². The molecule has 1 atom stereocenters. The zero-order valence-electron chi connectivity index (χ0n) is 14.8. The molecule has 0 saturated carbocycles. The minimum absolute atomic E-state index is 0.118. The summed E-state index contributed by atoms with van der Waals surface area (Å²) in [6.07, 6.45) is -2.02. The molecular weight excluding hydrogens is 423 g/mol. The molecule has 1 aliphatic rings. The van der Waals surface area contributed by atoms with Gasteiger partial charge >= 0.3 is 18.8 Å². The van der Waals surface area contributed by atoms with Crippen molar-refractivity contribution in [3.05, 3.63) is 34.9 Å². The largest absolute Gasteiger partial charge is 0.433 e. The van der Waals surface area contributed by atoms with Crippen LogP contribution in [0.15, 0.2) is 21.7 Å². The lowest BCUT2D eigenvalue weighted by molar-refractivity contribution is -0.141. The number of aryl methyl sites for hydroxylation is 1. The van der Waals surface area contributed by atoms with Crippen LogP contribution in [0.1, 0.15) is 35.5 Å². The fourth-order valence-electron chi connectivity index (χ4n) is 3.01. The van der Waals surface area contributed by atoms with Crippen LogP contribution in [-0.2, 0) is 28.9 Å². The van der Waals surface area contributed by atoms with E-state index in [1.165, 1.54) is 0 Å². The van der Waals surface area contributed by atoms with E-state index in [0.29, 0.717) is 31.0 Å². The molecule has 1 aliphatic carbocycles. The first-order chi connectivity index (χ1) is 13.4. The molecule has 0 saturated heterocycles. The molecule has 0 bridgehead atoms. The topological polar surface area (TPSA) is 115 Å². The number of alkyl halides is 5. The van der Waals surface area contributed by atoms with Gasteiger partial charge in [0.05, 0.1) is 11.9 Å². The van der Waals surface area contributed by atoms with Gasteiger partial charge in [-0.2, -0.15) is 27.1 Å². The van der Waals surface area contributed by atoms with Crippen molar-refractivity contribution in [2.45, 2.75) is 43.8 Å². The molecule has 0 spiro atoms. The number of pyridine rings is 1. The van der Waals surface area contributed by atoms with Gasteiger partial charge in [0.25, 0.3) is 0 Å². The molecule has 0 aliphatic heterocycles. The van der Waals surface area contributed by atoms with Gasteiger partial charge in [0.2, 0.25) is 0 Å². The lowest BCUT2D eigenvalue weighted by atomic mass is 10.1. The highest BCUT2D eigenvalue weighted by atomic mass is 32.2. The molecule has 14 heteroatoms. The Balaban J connectivity index is 1.97. The summed E-state index contributed by atoms with van der Waals surface area (Å²) in [5.41, 5.74) is -0.916. The van der Waals surface area contributed by atoms with Crippen molar-refractivity contribution in [3.63, 3.8) is 0 Å². The Labute approximate surface area is 161 Å². The van der Waals surface area contributed by atoms with Gasteiger partial charge in [-0.1, -0.05) is 0 Å². The maximum Gasteiger partial charge on any atom is 0.433 e. The first-order valence-corrected chi connectivity index (χ1v) is 9.75. The molecule has 0 fully saturated rings. The van der Waals surface area contributed by atoms with Crippen LogP contribution in [0.2, 0.25) is 0 Å². The van der Waals surface area contributed by atoms with E-state index in [9.17, 15) is 31.0 Å². The van der Waals surface area contributed by atoms with Gasteiger partial charge in [0.1, 0.15) is 20.5 Å². The number of anilines is 1. The number of carbonyl (C=O) groups excluding carboxylic acids is 1. The average Bonchev–Trinajstić information content (AvgIpc) is 3.24. The number of urea groups is 1. The van der Waals surface area contributed by atoms with E-state index < -0.39 is 39.3 Å². The summed E-state index contributed by atoms with van der Waals surface area (Å²) in [5, 5.41) is 10.9. The summed E-state index contributed by atoms with van der Waals surface area (Å²) in [6, 6.07) is -1.28. The summed E-state index contributed by atoms with van der Waals surface area (Å²) in [5.74, 6) is 0. The molecule has 0 radical (unpaired) electrons. The van der Waals surface area contributed by atoms with E-state index in [1.54, 1.807) is 0 Å². The molecule has 2 amide bonds. The Morgan fingerprint density at radius 2 is 2.07 bits per heavy atom. The summed E-state index contributed by atoms with van der Waals surface area (Å²) in [7, 11) is -3.95. The molecule has 158 valence electrons. The minimum atomic E-state index is -4.73. The predicted molar refractivity (Wildman–Crippen MR) is 91.5 cm³/mol. The lowest BCUT2D eigenvalue weighted by Gasteiger charge is -2.17. The summed E-state index contributed by atoms with van der Waals surface area (Å²) in [4.78, 5) is 15.5. The van der Waals surface area contributed by atoms with Gasteiger partial charge in [0, 0.05) is 17.5 Å². The van der Waals surface area contributed by atoms with E-state index in [0.717, 1.165) is 13.1 Å². The van der Waals surface area contributed by atoms with Crippen LogP contribution in [0, 0.1) is 6.92 Å². The molecule has 2 heterocycles. The van der Waals surface area contributed by atoms with Crippen molar-refractivity contribution >= 4 is 21.6 Å². The Hall–Kier alpha value is -2.61. The predicted octanol–water partition coefficient (Wildman–Crippen LogP) is 3.42. The van der Waals surface area contributed by atoms with E-state index in [2.05, 4.69) is 19.8 Å². The second-order valence-corrected chi connectivity index (χ2v) is 8.05. The Bertz CT molecular complexity index is 1090. The van der Waals surface area contributed by atoms with E-state index in [1.807, 2.05) is 0 Å². The number of hydrogen-bond acceptors (Lipinski definition) is 4. The number of amides is 2. The standard InChI is InChI=1S/C15H15F5N6O2S/c1-7-11(9-3-2-4-10(9)23-12(7)15(18,19)20)24-14(27)25-29(21,28)8-5-22-26(6-8)13(16)17/h5-6,13H,2-4H2,1H3,(H3,21,23,24,25,27,28). The van der Waals surface area contributed by atoms with Crippen molar-refractivity contribution in [2.75, 3.05) is 5.32 Å². The quantitative estimate of drug-likeness (QED) is 0.715. The Kier molecular flexibility index (Phi) is 5.34. The highest BCUT2D eigenvalue weighted by molar-refractivity contribution is 7.91. The van der Waals surface area contributed by atoms with Crippen molar-refractivity contribution < 1.29 is 31.0 Å². The average molecular weight is 438 g/mol. The monoisotopic (exact) mass is 438 g/mol. The molecule has 2 aromatic rings. The van der Waals surface area contributed by atoms with Gasteiger partial charge in [-0.05, 0) is 31.7 Å². The van der Waals surface area contributed by atoms with Gasteiger partial charge in [-0.15, -0.1) is 4.36 Å². The summed E-state index contributed by atoms with van der Waals surface area (Å²) in [6.45, 7) is -1.87. The molecule has 0 aromatic carbocycles. The van der Waals surface area contributed by atoms with Crippen molar-refractivity contribution in [1.82, 2.24) is 14.8 Å². The number of fused-ring (bicyclic) bond motifs is 1. The molecule has 8 nitrogen and oxygen atoms in total. The van der Waals surface area contributed by atoms with Crippen LogP contribution >= 0.6 is 0 Å². The van der Waals surface area contributed by atoms with Crippen LogP contribution in [0.3, 0.4) is 0 Å². The SMILES string of the molecule is Cc1c(C(F)(F)F)nc2c(c1NC(=O)N=S(N)(=O)c1cnn(C(F)F)c1)CCC2. The molecule has 2 aromatic heterocycles. The minimum Gasteiger partial charge on any atom is -0.305 e. The highest BCUT2D eigenvalue weighted by Crippen LogP contribution is 2.38. The fourth-order valence-corrected chi connectivity index (χ4v) is 3.87. The molecule has 3 rings (SSSR count). The number of nitrogens with two attached hydrogens (primary N) is 1. The zero-order valence-corrected chi connectivity index (χ0v) is 15.7. The molecule has 3 N–H and O–H groups in total. The van der Waals surface area contributed by atoms with Crippen molar-refractivity contribution in [3.8, 4) is 0 Å². The van der Waals surface area contributed by atoms with Crippen LogP contribution < -0.4 is 10.5 Å². The maximum atomic E-state index is 13.3. The third kappa shape index (κ3) is 4.22. The van der Waals surface area contributed by atoms with Gasteiger partial charge in [0.15, 0.2) is 0 Å². The second-order valence-electron chi connectivity index (χ2n) is 6.26. The smallest absolute Gasteiger partial charge is 0.305 e. The summed E-state index contributed by atoms with van der Waals surface area (Å²) < 4.78 is 80.8.